The predicted octanol–water partition coefficient (Wildman–Crippen LogP) is 2.17. The van der Waals surface area contributed by atoms with Crippen molar-refractivity contribution >= 4 is 21.6 Å². The first-order valence-electron chi connectivity index (χ1n) is 7.23. The number of benzene rings is 1. The van der Waals surface area contributed by atoms with E-state index >= 15 is 0 Å². The molecule has 1 aliphatic heterocycles. The Balaban J connectivity index is 1.73. The topological polar surface area (TPSA) is 64.4 Å². The van der Waals surface area contributed by atoms with Crippen molar-refractivity contribution in [2.75, 3.05) is 20.2 Å². The summed E-state index contributed by atoms with van der Waals surface area (Å²) in [5.74, 6) is 1.52. The van der Waals surface area contributed by atoms with Crippen molar-refractivity contribution in [3.05, 3.63) is 41.4 Å². The van der Waals surface area contributed by atoms with Crippen LogP contribution in [0.15, 0.2) is 35.5 Å². The molecule has 0 bridgehead atoms. The number of imidazole rings is 1. The van der Waals surface area contributed by atoms with Gasteiger partial charge in [-0.3, -0.25) is 0 Å². The number of ether oxygens (including phenoxy) is 1. The Kier molecular flexibility index (Phi) is 4.35. The molecule has 0 unspecified atom stereocenters. The Hall–Kier alpha value is -1.57. The molecule has 3 rings (SSSR count). The van der Waals surface area contributed by atoms with Gasteiger partial charge in [0.25, 0.3) is 0 Å². The number of halogens is 1. The summed E-state index contributed by atoms with van der Waals surface area (Å²) in [6.07, 6.45) is 3.66. The second-order valence-electron chi connectivity index (χ2n) is 5.61. The Morgan fingerprint density at radius 3 is 2.74 bits per heavy atom. The minimum Gasteiger partial charge on any atom is -0.495 e. The molecule has 124 valence electrons. The quantitative estimate of drug-likeness (QED) is 0.824. The van der Waals surface area contributed by atoms with Gasteiger partial charge >= 0.3 is 0 Å². The molecule has 0 amide bonds. The van der Waals surface area contributed by atoms with Gasteiger partial charge in [-0.1, -0.05) is 11.6 Å². The summed E-state index contributed by atoms with van der Waals surface area (Å²) >= 11 is 5.94. The van der Waals surface area contributed by atoms with Crippen LogP contribution in [0, 0.1) is 12.8 Å². The second-order valence-corrected chi connectivity index (χ2v) is 7.95. The Labute approximate surface area is 140 Å². The van der Waals surface area contributed by atoms with Crippen molar-refractivity contribution in [2.24, 2.45) is 5.92 Å². The van der Waals surface area contributed by atoms with Crippen LogP contribution in [0.3, 0.4) is 0 Å². The third kappa shape index (κ3) is 3.08. The molecule has 1 saturated heterocycles. The highest BCUT2D eigenvalue weighted by Crippen LogP contribution is 2.33. The number of sulfonamides is 1. The van der Waals surface area contributed by atoms with Crippen LogP contribution in [0.25, 0.3) is 0 Å². The van der Waals surface area contributed by atoms with Crippen LogP contribution in [0.2, 0.25) is 5.02 Å². The fourth-order valence-corrected chi connectivity index (χ4v) is 4.71. The standard InChI is InChI=1S/C15H18ClN3O3S/c1-11-17-5-6-18(11)8-12-9-19(10-12)23(20,21)15-7-13(16)3-4-14(15)22-2/h3-7,12H,8-10H2,1-2H3. The van der Waals surface area contributed by atoms with Crippen molar-refractivity contribution in [1.82, 2.24) is 13.9 Å². The summed E-state index contributed by atoms with van der Waals surface area (Å²) in [7, 11) is -2.14. The van der Waals surface area contributed by atoms with Crippen LogP contribution in [0.1, 0.15) is 5.82 Å². The Morgan fingerprint density at radius 1 is 1.39 bits per heavy atom. The molecule has 8 heteroatoms. The lowest BCUT2D eigenvalue weighted by atomic mass is 10.0. The summed E-state index contributed by atoms with van der Waals surface area (Å²) < 4.78 is 34.1. The van der Waals surface area contributed by atoms with Gasteiger partial charge in [0.05, 0.1) is 7.11 Å². The molecule has 0 N–H and O–H groups in total. The molecule has 2 aromatic rings. The van der Waals surface area contributed by atoms with Gasteiger partial charge < -0.3 is 9.30 Å². The van der Waals surface area contributed by atoms with E-state index in [-0.39, 0.29) is 10.8 Å². The van der Waals surface area contributed by atoms with Crippen LogP contribution in [-0.2, 0) is 16.6 Å². The summed E-state index contributed by atoms with van der Waals surface area (Å²) in [6.45, 7) is 3.67. The Morgan fingerprint density at radius 2 is 2.13 bits per heavy atom. The summed E-state index contributed by atoms with van der Waals surface area (Å²) in [5, 5.41) is 0.371. The van der Waals surface area contributed by atoms with Gasteiger partial charge in [0, 0.05) is 43.0 Å². The van der Waals surface area contributed by atoms with Gasteiger partial charge in [0.15, 0.2) is 0 Å². The number of nitrogens with zero attached hydrogens (tertiary/aromatic N) is 3. The van der Waals surface area contributed by atoms with E-state index in [2.05, 4.69) is 4.98 Å². The van der Waals surface area contributed by atoms with Gasteiger partial charge in [-0.25, -0.2) is 13.4 Å². The van der Waals surface area contributed by atoms with Crippen LogP contribution >= 0.6 is 11.6 Å². The minimum atomic E-state index is -3.59. The first-order chi connectivity index (χ1) is 10.9. The molecular formula is C15H18ClN3O3S. The highest BCUT2D eigenvalue weighted by Gasteiger charge is 2.38. The van der Waals surface area contributed by atoms with Crippen LogP contribution in [0.4, 0.5) is 0 Å². The summed E-state index contributed by atoms with van der Waals surface area (Å²) in [4.78, 5) is 4.29. The summed E-state index contributed by atoms with van der Waals surface area (Å²) in [6, 6.07) is 4.62. The number of aryl methyl sites for hydroxylation is 1. The number of rotatable bonds is 5. The van der Waals surface area contributed by atoms with Crippen molar-refractivity contribution < 1.29 is 13.2 Å². The molecule has 0 aliphatic carbocycles. The zero-order valence-corrected chi connectivity index (χ0v) is 14.5. The monoisotopic (exact) mass is 355 g/mol. The average molecular weight is 356 g/mol. The highest BCUT2D eigenvalue weighted by molar-refractivity contribution is 7.89. The van der Waals surface area contributed by atoms with E-state index < -0.39 is 10.0 Å². The number of hydrogen-bond acceptors (Lipinski definition) is 4. The lowest BCUT2D eigenvalue weighted by Crippen LogP contribution is -2.51. The maximum absolute atomic E-state index is 12.7. The van der Waals surface area contributed by atoms with Gasteiger partial charge in [0.2, 0.25) is 10.0 Å². The lowest BCUT2D eigenvalue weighted by Gasteiger charge is -2.38. The number of hydrogen-bond donors (Lipinski definition) is 0. The first kappa shape index (κ1) is 16.3. The zero-order valence-electron chi connectivity index (χ0n) is 12.9. The maximum atomic E-state index is 12.7. The van der Waals surface area contributed by atoms with E-state index in [1.165, 1.54) is 17.5 Å². The molecule has 6 nitrogen and oxygen atoms in total. The normalized spacial score (nSPS) is 16.3. The molecule has 1 aromatic heterocycles. The zero-order chi connectivity index (χ0) is 16.6. The van der Waals surface area contributed by atoms with Crippen molar-refractivity contribution in [1.29, 1.82) is 0 Å². The fourth-order valence-electron chi connectivity index (χ4n) is 2.70. The second kappa shape index (κ2) is 6.14. The Bertz CT molecular complexity index is 813. The molecule has 1 fully saturated rings. The fraction of sp³-hybridized carbons (Fsp3) is 0.400. The largest absolute Gasteiger partial charge is 0.495 e. The van der Waals surface area contributed by atoms with Crippen LogP contribution < -0.4 is 4.74 Å². The summed E-state index contributed by atoms with van der Waals surface area (Å²) in [5.41, 5.74) is 0. The number of methoxy groups -OCH3 is 1. The third-order valence-electron chi connectivity index (χ3n) is 4.05. The predicted molar refractivity (Wildman–Crippen MR) is 87.2 cm³/mol. The molecule has 0 spiro atoms. The minimum absolute atomic E-state index is 0.116. The molecule has 23 heavy (non-hydrogen) atoms. The van der Waals surface area contributed by atoms with Crippen molar-refractivity contribution in [3.63, 3.8) is 0 Å². The number of aromatic nitrogens is 2. The molecule has 0 saturated carbocycles. The molecule has 2 heterocycles. The smallest absolute Gasteiger partial charge is 0.246 e. The van der Waals surface area contributed by atoms with E-state index in [9.17, 15) is 8.42 Å². The molecular weight excluding hydrogens is 338 g/mol. The van der Waals surface area contributed by atoms with Gasteiger partial charge in [0.1, 0.15) is 16.5 Å². The third-order valence-corrected chi connectivity index (χ3v) is 6.13. The van der Waals surface area contributed by atoms with E-state index in [4.69, 9.17) is 16.3 Å². The van der Waals surface area contributed by atoms with E-state index in [1.54, 1.807) is 18.3 Å². The van der Waals surface area contributed by atoms with Crippen LogP contribution in [0.5, 0.6) is 5.75 Å². The molecule has 0 atom stereocenters. The van der Waals surface area contributed by atoms with E-state index in [0.717, 1.165) is 12.4 Å². The van der Waals surface area contributed by atoms with Crippen molar-refractivity contribution in [3.8, 4) is 5.75 Å². The van der Waals surface area contributed by atoms with E-state index in [1.807, 2.05) is 17.7 Å². The highest BCUT2D eigenvalue weighted by atomic mass is 35.5. The van der Waals surface area contributed by atoms with Gasteiger partial charge in [-0.05, 0) is 25.1 Å². The van der Waals surface area contributed by atoms with E-state index in [0.29, 0.717) is 23.9 Å². The molecule has 1 aliphatic rings. The SMILES string of the molecule is COc1ccc(Cl)cc1S(=O)(=O)N1CC(Cn2ccnc2C)C1. The maximum Gasteiger partial charge on any atom is 0.246 e. The van der Waals surface area contributed by atoms with Crippen LogP contribution in [-0.4, -0.2) is 42.5 Å². The molecule has 1 aromatic carbocycles. The van der Waals surface area contributed by atoms with Gasteiger partial charge in [-0.2, -0.15) is 4.31 Å². The molecule has 0 radical (unpaired) electrons. The average Bonchev–Trinajstić information content (AvgIpc) is 2.87. The van der Waals surface area contributed by atoms with Gasteiger partial charge in [-0.15, -0.1) is 0 Å². The van der Waals surface area contributed by atoms with Crippen molar-refractivity contribution in [2.45, 2.75) is 18.4 Å². The first-order valence-corrected chi connectivity index (χ1v) is 9.05. The lowest BCUT2D eigenvalue weighted by molar-refractivity contribution is 0.178.